The zero-order valence-electron chi connectivity index (χ0n) is 11.4. The van der Waals surface area contributed by atoms with Crippen LogP contribution in [0, 0.1) is 0 Å². The fourth-order valence-corrected chi connectivity index (χ4v) is 2.56. The molecule has 0 aromatic carbocycles. The van der Waals surface area contributed by atoms with E-state index in [0.717, 1.165) is 6.42 Å². The van der Waals surface area contributed by atoms with Crippen molar-refractivity contribution in [2.45, 2.75) is 45.6 Å². The Labute approximate surface area is 105 Å². The number of nitrogens with zero attached hydrogens (tertiary/aromatic N) is 1. The third-order valence-electron chi connectivity index (χ3n) is 3.80. The highest BCUT2D eigenvalue weighted by Crippen LogP contribution is 2.18. The maximum atomic E-state index is 9.20. The smallest absolute Gasteiger partial charge is 0.102 e. The molecule has 0 saturated heterocycles. The molecule has 0 radical (unpaired) electrons. The number of quaternary nitrogens is 1. The van der Waals surface area contributed by atoms with Gasteiger partial charge in [0.25, 0.3) is 0 Å². The summed E-state index contributed by atoms with van der Waals surface area (Å²) < 4.78 is 0.632. The number of unbranched alkanes of at least 4 members (excludes halogenated alkanes) is 2. The maximum absolute atomic E-state index is 9.20. The van der Waals surface area contributed by atoms with Crippen molar-refractivity contribution in [2.24, 2.45) is 0 Å². The normalized spacial score (nSPS) is 13.9. The van der Waals surface area contributed by atoms with Crippen molar-refractivity contribution in [3.05, 3.63) is 0 Å². The van der Waals surface area contributed by atoms with Gasteiger partial charge in [0.15, 0.2) is 0 Å². The molecule has 4 nitrogen and oxygen atoms in total. The molecule has 0 aliphatic rings. The summed E-state index contributed by atoms with van der Waals surface area (Å²) in [5, 5.41) is 27.6. The average Bonchev–Trinajstić information content (AvgIpc) is 2.30. The molecule has 0 fully saturated rings. The molecule has 0 aromatic rings. The van der Waals surface area contributed by atoms with Gasteiger partial charge in [0.05, 0.1) is 25.9 Å². The van der Waals surface area contributed by atoms with Crippen LogP contribution in [0.1, 0.15) is 39.5 Å². The van der Waals surface area contributed by atoms with Crippen molar-refractivity contribution >= 4 is 0 Å². The van der Waals surface area contributed by atoms with Crippen LogP contribution in [0.5, 0.6) is 0 Å². The first kappa shape index (κ1) is 16.8. The molecule has 0 aliphatic carbocycles. The van der Waals surface area contributed by atoms with Crippen LogP contribution in [-0.4, -0.2) is 65.3 Å². The first-order chi connectivity index (χ1) is 8.16. The average molecular weight is 248 g/mol. The van der Waals surface area contributed by atoms with E-state index in [9.17, 15) is 15.3 Å². The fourth-order valence-electron chi connectivity index (χ4n) is 2.56. The van der Waals surface area contributed by atoms with Gasteiger partial charge in [-0.1, -0.05) is 19.8 Å². The molecule has 0 aliphatic heterocycles. The van der Waals surface area contributed by atoms with Crippen molar-refractivity contribution in [1.82, 2.24) is 0 Å². The highest BCUT2D eigenvalue weighted by Gasteiger charge is 2.32. The third-order valence-corrected chi connectivity index (χ3v) is 3.80. The molecule has 1 unspecified atom stereocenters. The summed E-state index contributed by atoms with van der Waals surface area (Å²) in [6.45, 7) is 6.53. The van der Waals surface area contributed by atoms with E-state index < -0.39 is 0 Å². The molecule has 0 amide bonds. The molecule has 4 heteroatoms. The lowest BCUT2D eigenvalue weighted by Gasteiger charge is -2.43. The van der Waals surface area contributed by atoms with Crippen molar-refractivity contribution in [3.8, 4) is 0 Å². The second-order valence-corrected chi connectivity index (χ2v) is 4.90. The highest BCUT2D eigenvalue weighted by molar-refractivity contribution is 4.57. The number of hydrogen-bond acceptors (Lipinski definition) is 3. The van der Waals surface area contributed by atoms with Gasteiger partial charge in [0.1, 0.15) is 19.6 Å². The second-order valence-electron chi connectivity index (χ2n) is 4.90. The summed E-state index contributed by atoms with van der Waals surface area (Å²) in [5.41, 5.74) is 0. The van der Waals surface area contributed by atoms with Crippen LogP contribution >= 0.6 is 0 Å². The minimum absolute atomic E-state index is 0.109. The van der Waals surface area contributed by atoms with Crippen LogP contribution in [0.15, 0.2) is 0 Å². The number of aliphatic hydroxyl groups excluding tert-OH is 3. The summed E-state index contributed by atoms with van der Waals surface area (Å²) >= 11 is 0. The minimum Gasteiger partial charge on any atom is -0.391 e. The van der Waals surface area contributed by atoms with Crippen molar-refractivity contribution in [3.63, 3.8) is 0 Å². The van der Waals surface area contributed by atoms with E-state index in [1.807, 2.05) is 0 Å². The Bertz CT molecular complexity index is 159. The SMILES string of the molecule is CCCCCC(C)[N+](CCO)(CCO)CCO. The van der Waals surface area contributed by atoms with E-state index in [4.69, 9.17) is 0 Å². The Kier molecular flexibility index (Phi) is 9.74. The first-order valence-corrected chi connectivity index (χ1v) is 6.85. The fraction of sp³-hybridized carbons (Fsp3) is 1.00. The number of aliphatic hydroxyl groups is 3. The summed E-state index contributed by atoms with van der Waals surface area (Å²) in [4.78, 5) is 0. The lowest BCUT2D eigenvalue weighted by Crippen LogP contribution is -2.58. The van der Waals surface area contributed by atoms with Crippen molar-refractivity contribution in [2.75, 3.05) is 39.5 Å². The van der Waals surface area contributed by atoms with Gasteiger partial charge in [-0.2, -0.15) is 0 Å². The molecular formula is C13H30NO3+. The van der Waals surface area contributed by atoms with Crippen LogP contribution in [0.4, 0.5) is 0 Å². The van der Waals surface area contributed by atoms with E-state index in [-0.39, 0.29) is 19.8 Å². The number of hydrogen-bond donors (Lipinski definition) is 3. The third kappa shape index (κ3) is 5.82. The van der Waals surface area contributed by atoms with Gasteiger partial charge in [-0.05, 0) is 19.8 Å². The van der Waals surface area contributed by atoms with Gasteiger partial charge in [-0.25, -0.2) is 0 Å². The Morgan fingerprint density at radius 2 is 1.35 bits per heavy atom. The lowest BCUT2D eigenvalue weighted by atomic mass is 10.1. The van der Waals surface area contributed by atoms with Gasteiger partial charge in [-0.15, -0.1) is 0 Å². The molecule has 3 N–H and O–H groups in total. The molecule has 0 aromatic heterocycles. The topological polar surface area (TPSA) is 60.7 Å². The highest BCUT2D eigenvalue weighted by atomic mass is 16.3. The van der Waals surface area contributed by atoms with Gasteiger partial charge in [-0.3, -0.25) is 0 Å². The van der Waals surface area contributed by atoms with Crippen LogP contribution in [0.2, 0.25) is 0 Å². The predicted molar refractivity (Wildman–Crippen MR) is 69.7 cm³/mol. The van der Waals surface area contributed by atoms with Gasteiger partial charge >= 0.3 is 0 Å². The van der Waals surface area contributed by atoms with E-state index in [0.29, 0.717) is 30.2 Å². The molecule has 104 valence electrons. The van der Waals surface area contributed by atoms with Gasteiger partial charge < -0.3 is 19.8 Å². The second kappa shape index (κ2) is 9.83. The molecule has 0 rings (SSSR count). The molecule has 0 spiro atoms. The van der Waals surface area contributed by atoms with Gasteiger partial charge in [0.2, 0.25) is 0 Å². The maximum Gasteiger partial charge on any atom is 0.102 e. The predicted octanol–water partition coefficient (Wildman–Crippen LogP) is 0.749. The summed E-state index contributed by atoms with van der Waals surface area (Å²) in [6.07, 6.45) is 4.70. The van der Waals surface area contributed by atoms with Crippen molar-refractivity contribution in [1.29, 1.82) is 0 Å². The van der Waals surface area contributed by atoms with Gasteiger partial charge in [0, 0.05) is 0 Å². The number of rotatable bonds is 11. The van der Waals surface area contributed by atoms with Crippen LogP contribution in [0.3, 0.4) is 0 Å². The summed E-state index contributed by atoms with van der Waals surface area (Å²) in [6, 6.07) is 0.382. The minimum atomic E-state index is 0.109. The van der Waals surface area contributed by atoms with E-state index >= 15 is 0 Å². The Morgan fingerprint density at radius 1 is 0.882 bits per heavy atom. The summed E-state index contributed by atoms with van der Waals surface area (Å²) in [5.74, 6) is 0. The quantitative estimate of drug-likeness (QED) is 0.373. The molecule has 1 atom stereocenters. The Balaban J connectivity index is 4.48. The zero-order valence-corrected chi connectivity index (χ0v) is 11.4. The first-order valence-electron chi connectivity index (χ1n) is 6.85. The van der Waals surface area contributed by atoms with E-state index in [1.165, 1.54) is 19.3 Å². The molecule has 17 heavy (non-hydrogen) atoms. The molecular weight excluding hydrogens is 218 g/mol. The van der Waals surface area contributed by atoms with E-state index in [1.54, 1.807) is 0 Å². The van der Waals surface area contributed by atoms with Crippen LogP contribution < -0.4 is 0 Å². The molecule has 0 heterocycles. The molecule has 0 bridgehead atoms. The van der Waals surface area contributed by atoms with Crippen LogP contribution in [0.25, 0.3) is 0 Å². The Hall–Kier alpha value is -0.160. The van der Waals surface area contributed by atoms with E-state index in [2.05, 4.69) is 13.8 Å². The zero-order chi connectivity index (χ0) is 13.1. The lowest BCUT2D eigenvalue weighted by molar-refractivity contribution is -0.950. The Morgan fingerprint density at radius 3 is 1.71 bits per heavy atom. The monoisotopic (exact) mass is 248 g/mol. The van der Waals surface area contributed by atoms with Crippen LogP contribution in [-0.2, 0) is 0 Å². The summed E-state index contributed by atoms with van der Waals surface area (Å²) in [7, 11) is 0. The van der Waals surface area contributed by atoms with Crippen molar-refractivity contribution < 1.29 is 19.8 Å². The standard InChI is InChI=1S/C13H30NO3/c1-3-4-5-6-13(2)14(7-10-15,8-11-16)9-12-17/h13,15-17H,3-12H2,1-2H3/q+1. The molecule has 0 saturated carbocycles. The largest absolute Gasteiger partial charge is 0.391 e.